The zero-order chi connectivity index (χ0) is 22.0. The molecule has 8 nitrogen and oxygen atoms in total. The van der Waals surface area contributed by atoms with Crippen molar-refractivity contribution >= 4 is 45.4 Å². The van der Waals surface area contributed by atoms with Gasteiger partial charge in [-0.1, -0.05) is 42.5 Å². The first-order chi connectivity index (χ1) is 14.9. The zero-order valence-electron chi connectivity index (χ0n) is 16.1. The molecule has 1 aliphatic rings. The maximum absolute atomic E-state index is 12.6. The number of nitrogens with zero attached hydrogens (tertiary/aromatic N) is 2. The monoisotopic (exact) mass is 436 g/mol. The Balaban J connectivity index is 1.46. The number of phenolic OH excluding ortho intramolecular Hbond substituents is 1. The Morgan fingerprint density at radius 2 is 1.87 bits per heavy atom. The SMILES string of the molecule is O=C1S/C(=C\c2ccc(O)c([N+](=O)[O-])c2)C(=O)N1CCOc1cccc2ccccc12. The van der Waals surface area contributed by atoms with Crippen molar-refractivity contribution in [2.75, 3.05) is 13.2 Å². The van der Waals surface area contributed by atoms with E-state index in [-0.39, 0.29) is 18.1 Å². The van der Waals surface area contributed by atoms with Gasteiger partial charge in [-0.3, -0.25) is 24.6 Å². The summed E-state index contributed by atoms with van der Waals surface area (Å²) in [5.41, 5.74) is -0.140. The van der Waals surface area contributed by atoms with Crippen LogP contribution in [0.15, 0.2) is 65.6 Å². The predicted molar refractivity (Wildman–Crippen MR) is 117 cm³/mol. The maximum atomic E-state index is 12.6. The number of hydrogen-bond donors (Lipinski definition) is 1. The third-order valence-electron chi connectivity index (χ3n) is 4.69. The van der Waals surface area contributed by atoms with Crippen LogP contribution in [0.2, 0.25) is 0 Å². The summed E-state index contributed by atoms with van der Waals surface area (Å²) in [5, 5.41) is 22.0. The fourth-order valence-electron chi connectivity index (χ4n) is 3.19. The number of phenols is 1. The van der Waals surface area contributed by atoms with E-state index >= 15 is 0 Å². The lowest BCUT2D eigenvalue weighted by Crippen LogP contribution is -2.32. The van der Waals surface area contributed by atoms with Gasteiger partial charge in [0.1, 0.15) is 12.4 Å². The van der Waals surface area contributed by atoms with Crippen LogP contribution in [0.3, 0.4) is 0 Å². The molecule has 0 bridgehead atoms. The van der Waals surface area contributed by atoms with Crippen LogP contribution in [0.1, 0.15) is 5.56 Å². The summed E-state index contributed by atoms with van der Waals surface area (Å²) >= 11 is 0.755. The van der Waals surface area contributed by atoms with Crippen molar-refractivity contribution in [2.24, 2.45) is 0 Å². The van der Waals surface area contributed by atoms with E-state index in [1.165, 1.54) is 18.2 Å². The molecule has 0 spiro atoms. The second-order valence-electron chi connectivity index (χ2n) is 6.66. The Labute approximate surface area is 180 Å². The molecule has 1 heterocycles. The normalized spacial score (nSPS) is 15.1. The molecule has 1 N–H and O–H groups in total. The lowest BCUT2D eigenvalue weighted by Gasteiger charge is -2.14. The van der Waals surface area contributed by atoms with Gasteiger partial charge in [-0.15, -0.1) is 0 Å². The standard InChI is InChI=1S/C22H16N2O6S/c25-18-9-8-14(12-17(18)24(28)29)13-20-21(26)23(22(27)31-20)10-11-30-19-7-3-5-15-4-1-2-6-16(15)19/h1-9,12-13,25H,10-11H2/b20-13-. The number of carbonyl (C=O) groups excluding carboxylic acids is 2. The molecule has 1 saturated heterocycles. The van der Waals surface area contributed by atoms with Crippen LogP contribution in [0.4, 0.5) is 10.5 Å². The summed E-state index contributed by atoms with van der Waals surface area (Å²) in [6.45, 7) is 0.199. The van der Waals surface area contributed by atoms with E-state index in [0.717, 1.165) is 33.5 Å². The van der Waals surface area contributed by atoms with Gasteiger partial charge in [-0.2, -0.15) is 0 Å². The minimum Gasteiger partial charge on any atom is -0.502 e. The highest BCUT2D eigenvalue weighted by molar-refractivity contribution is 8.18. The van der Waals surface area contributed by atoms with Gasteiger partial charge in [-0.05, 0) is 40.9 Å². The number of imide groups is 1. The summed E-state index contributed by atoms with van der Waals surface area (Å²) in [7, 11) is 0. The molecule has 156 valence electrons. The number of carbonyl (C=O) groups is 2. The Morgan fingerprint density at radius 1 is 1.10 bits per heavy atom. The summed E-state index contributed by atoms with van der Waals surface area (Å²) in [5.74, 6) is -0.301. The lowest BCUT2D eigenvalue weighted by atomic mass is 10.1. The van der Waals surface area contributed by atoms with Crippen LogP contribution in [0, 0.1) is 10.1 Å². The molecule has 1 aliphatic heterocycles. The van der Waals surface area contributed by atoms with E-state index in [1.807, 2.05) is 42.5 Å². The van der Waals surface area contributed by atoms with E-state index < -0.39 is 27.5 Å². The summed E-state index contributed by atoms with van der Waals surface area (Å²) < 4.78 is 5.81. The van der Waals surface area contributed by atoms with Gasteiger partial charge in [-0.25, -0.2) is 0 Å². The number of rotatable bonds is 6. The summed E-state index contributed by atoms with van der Waals surface area (Å²) in [6.07, 6.45) is 1.39. The Hall–Kier alpha value is -3.85. The molecule has 3 aromatic rings. The van der Waals surface area contributed by atoms with Gasteiger partial charge in [0.2, 0.25) is 0 Å². The first-order valence-electron chi connectivity index (χ1n) is 9.27. The number of nitro benzene ring substituents is 1. The van der Waals surface area contributed by atoms with Crippen molar-refractivity contribution in [2.45, 2.75) is 0 Å². The summed E-state index contributed by atoms with van der Waals surface area (Å²) in [6, 6.07) is 17.2. The minimum atomic E-state index is -0.719. The van der Waals surface area contributed by atoms with Crippen LogP contribution >= 0.6 is 11.8 Å². The number of benzene rings is 3. The van der Waals surface area contributed by atoms with Crippen LogP contribution < -0.4 is 4.74 Å². The molecule has 0 unspecified atom stereocenters. The largest absolute Gasteiger partial charge is 0.502 e. The number of aromatic hydroxyl groups is 1. The molecule has 31 heavy (non-hydrogen) atoms. The van der Waals surface area contributed by atoms with Crippen LogP contribution in [-0.4, -0.2) is 39.2 Å². The number of ether oxygens (including phenoxy) is 1. The number of fused-ring (bicyclic) bond motifs is 1. The molecular weight excluding hydrogens is 420 g/mol. The third kappa shape index (κ3) is 4.22. The second-order valence-corrected chi connectivity index (χ2v) is 7.66. The van der Waals surface area contributed by atoms with E-state index in [4.69, 9.17) is 4.74 Å². The number of nitro groups is 1. The van der Waals surface area contributed by atoms with E-state index in [9.17, 15) is 24.8 Å². The molecule has 0 saturated carbocycles. The van der Waals surface area contributed by atoms with Crippen molar-refractivity contribution in [3.8, 4) is 11.5 Å². The second kappa shape index (κ2) is 8.49. The van der Waals surface area contributed by atoms with Gasteiger partial charge in [0.25, 0.3) is 11.1 Å². The van der Waals surface area contributed by atoms with E-state index in [0.29, 0.717) is 11.3 Å². The molecule has 0 aliphatic carbocycles. The molecule has 4 rings (SSSR count). The molecule has 1 fully saturated rings. The Morgan fingerprint density at radius 3 is 2.68 bits per heavy atom. The van der Waals surface area contributed by atoms with Gasteiger partial charge < -0.3 is 9.84 Å². The molecule has 3 aromatic carbocycles. The van der Waals surface area contributed by atoms with Gasteiger partial charge in [0.15, 0.2) is 5.75 Å². The average Bonchev–Trinajstić information content (AvgIpc) is 3.02. The Kier molecular flexibility index (Phi) is 5.59. The maximum Gasteiger partial charge on any atom is 0.311 e. The first kappa shape index (κ1) is 20.4. The Bertz CT molecular complexity index is 1230. The van der Waals surface area contributed by atoms with Crippen LogP contribution in [0.25, 0.3) is 16.8 Å². The summed E-state index contributed by atoms with van der Waals surface area (Å²) in [4.78, 5) is 36.4. The minimum absolute atomic E-state index is 0.0704. The van der Waals surface area contributed by atoms with Gasteiger partial charge >= 0.3 is 5.69 Å². The molecule has 0 atom stereocenters. The highest BCUT2D eigenvalue weighted by atomic mass is 32.2. The highest BCUT2D eigenvalue weighted by Gasteiger charge is 2.35. The third-order valence-corrected chi connectivity index (χ3v) is 5.60. The predicted octanol–water partition coefficient (Wildman–Crippen LogP) is 4.57. The smallest absolute Gasteiger partial charge is 0.311 e. The molecule has 9 heteroatoms. The van der Waals surface area contributed by atoms with Crippen LogP contribution in [-0.2, 0) is 4.79 Å². The van der Waals surface area contributed by atoms with Crippen molar-refractivity contribution in [1.29, 1.82) is 0 Å². The molecular formula is C22H16N2O6S. The van der Waals surface area contributed by atoms with Gasteiger partial charge in [0, 0.05) is 11.5 Å². The quantitative estimate of drug-likeness (QED) is 0.342. The number of amides is 2. The van der Waals surface area contributed by atoms with Gasteiger partial charge in [0.05, 0.1) is 16.4 Å². The fraction of sp³-hybridized carbons (Fsp3) is 0.0909. The zero-order valence-corrected chi connectivity index (χ0v) is 16.9. The number of thioether (sulfide) groups is 1. The molecule has 0 radical (unpaired) electrons. The van der Waals surface area contributed by atoms with Crippen molar-refractivity contribution in [3.63, 3.8) is 0 Å². The van der Waals surface area contributed by atoms with Crippen LogP contribution in [0.5, 0.6) is 11.5 Å². The van der Waals surface area contributed by atoms with Crippen molar-refractivity contribution in [1.82, 2.24) is 4.90 Å². The van der Waals surface area contributed by atoms with E-state index in [1.54, 1.807) is 0 Å². The van der Waals surface area contributed by atoms with Crippen molar-refractivity contribution < 1.29 is 24.4 Å². The lowest BCUT2D eigenvalue weighted by molar-refractivity contribution is -0.385. The van der Waals surface area contributed by atoms with Crippen molar-refractivity contribution in [3.05, 3.63) is 81.2 Å². The fourth-order valence-corrected chi connectivity index (χ4v) is 4.05. The highest BCUT2D eigenvalue weighted by Crippen LogP contribution is 2.34. The van der Waals surface area contributed by atoms with E-state index in [2.05, 4.69) is 0 Å². The first-order valence-corrected chi connectivity index (χ1v) is 10.1. The molecule has 0 aromatic heterocycles. The topological polar surface area (TPSA) is 110 Å². The number of hydrogen-bond acceptors (Lipinski definition) is 7. The average molecular weight is 436 g/mol. The molecule has 2 amide bonds.